The van der Waals surface area contributed by atoms with Gasteiger partial charge in [-0.1, -0.05) is 0 Å². The van der Waals surface area contributed by atoms with Gasteiger partial charge in [0.15, 0.2) is 0 Å². The number of nitrogens with zero attached hydrogens (tertiary/aromatic N) is 1. The number of nitrogens with one attached hydrogen (secondary N) is 2. The smallest absolute Gasteiger partial charge is 0.303 e. The second kappa shape index (κ2) is 7.10. The second-order valence-corrected chi connectivity index (χ2v) is 3.76. The predicted octanol–water partition coefficient (Wildman–Crippen LogP) is 0.0358. The molecule has 0 atom stereocenters. The Morgan fingerprint density at radius 1 is 1.26 bits per heavy atom. The fourth-order valence-corrected chi connectivity index (χ4v) is 1.33. The van der Waals surface area contributed by atoms with Crippen LogP contribution in [-0.4, -0.2) is 41.5 Å². The van der Waals surface area contributed by atoms with Gasteiger partial charge in [0, 0.05) is 26.2 Å². The van der Waals surface area contributed by atoms with Crippen molar-refractivity contribution in [2.75, 3.05) is 13.6 Å². The molecular formula is C12H15N3O4. The van der Waals surface area contributed by atoms with E-state index in [0.29, 0.717) is 12.0 Å². The lowest BCUT2D eigenvalue weighted by molar-refractivity contribution is -0.137. The van der Waals surface area contributed by atoms with Crippen LogP contribution in [0.1, 0.15) is 33.7 Å². The molecule has 3 N–H and O–H groups in total. The number of rotatable bonds is 6. The predicted molar refractivity (Wildman–Crippen MR) is 66.8 cm³/mol. The summed E-state index contributed by atoms with van der Waals surface area (Å²) in [5.74, 6) is -1.57. The van der Waals surface area contributed by atoms with Gasteiger partial charge in [0.2, 0.25) is 0 Å². The van der Waals surface area contributed by atoms with Gasteiger partial charge in [-0.05, 0) is 18.6 Å². The third-order valence-corrected chi connectivity index (χ3v) is 2.34. The minimum Gasteiger partial charge on any atom is -0.481 e. The summed E-state index contributed by atoms with van der Waals surface area (Å²) in [7, 11) is 1.49. The maximum Gasteiger partial charge on any atom is 0.303 e. The Balaban J connectivity index is 2.49. The van der Waals surface area contributed by atoms with Gasteiger partial charge in [0.1, 0.15) is 5.69 Å². The Labute approximate surface area is 110 Å². The van der Waals surface area contributed by atoms with Crippen molar-refractivity contribution in [2.24, 2.45) is 0 Å². The molecule has 0 radical (unpaired) electrons. The van der Waals surface area contributed by atoms with Crippen molar-refractivity contribution < 1.29 is 19.5 Å². The first-order valence-corrected chi connectivity index (χ1v) is 5.72. The lowest BCUT2D eigenvalue weighted by atomic mass is 10.2. The van der Waals surface area contributed by atoms with E-state index in [-0.39, 0.29) is 30.5 Å². The van der Waals surface area contributed by atoms with Crippen molar-refractivity contribution in [3.05, 3.63) is 29.6 Å². The molecule has 0 saturated carbocycles. The van der Waals surface area contributed by atoms with Gasteiger partial charge in [-0.25, -0.2) is 0 Å². The summed E-state index contributed by atoms with van der Waals surface area (Å²) in [4.78, 5) is 37.0. The molecule has 0 aliphatic heterocycles. The molecule has 0 aliphatic carbocycles. The summed E-state index contributed by atoms with van der Waals surface area (Å²) in [5, 5.41) is 13.4. The highest BCUT2D eigenvalue weighted by atomic mass is 16.4. The first kappa shape index (κ1) is 14.6. The Hall–Kier alpha value is -2.44. The fourth-order valence-electron chi connectivity index (χ4n) is 1.33. The van der Waals surface area contributed by atoms with Gasteiger partial charge in [-0.15, -0.1) is 0 Å². The van der Waals surface area contributed by atoms with E-state index in [4.69, 9.17) is 5.11 Å². The van der Waals surface area contributed by atoms with E-state index >= 15 is 0 Å². The Morgan fingerprint density at radius 3 is 2.53 bits per heavy atom. The highest BCUT2D eigenvalue weighted by molar-refractivity contribution is 5.96. The lowest BCUT2D eigenvalue weighted by Crippen LogP contribution is -2.25. The van der Waals surface area contributed by atoms with Crippen LogP contribution >= 0.6 is 0 Å². The van der Waals surface area contributed by atoms with Crippen molar-refractivity contribution in [3.63, 3.8) is 0 Å². The van der Waals surface area contributed by atoms with Gasteiger partial charge >= 0.3 is 5.97 Å². The van der Waals surface area contributed by atoms with E-state index in [1.165, 1.54) is 25.4 Å². The number of carboxylic acids is 1. The van der Waals surface area contributed by atoms with Gasteiger partial charge in [-0.3, -0.25) is 19.4 Å². The molecule has 102 valence electrons. The summed E-state index contributed by atoms with van der Waals surface area (Å²) in [6.07, 6.45) is 1.68. The zero-order chi connectivity index (χ0) is 14.3. The molecule has 2 amide bonds. The molecule has 19 heavy (non-hydrogen) atoms. The standard InChI is InChI=1S/C12H15N3O4/c1-13-12(19)9-5-4-8(7-15-9)11(18)14-6-2-3-10(16)17/h4-5,7H,2-3,6H2,1H3,(H,13,19)(H,14,18)(H,16,17). The second-order valence-electron chi connectivity index (χ2n) is 3.76. The van der Waals surface area contributed by atoms with Crippen LogP contribution in [0.4, 0.5) is 0 Å². The van der Waals surface area contributed by atoms with Crippen LogP contribution in [0.3, 0.4) is 0 Å². The Bertz CT molecular complexity index is 470. The number of aromatic nitrogens is 1. The average Bonchev–Trinajstić information content (AvgIpc) is 2.42. The van der Waals surface area contributed by atoms with Crippen LogP contribution in [0.25, 0.3) is 0 Å². The quantitative estimate of drug-likeness (QED) is 0.629. The first-order chi connectivity index (χ1) is 9.04. The first-order valence-electron chi connectivity index (χ1n) is 5.72. The summed E-state index contributed by atoms with van der Waals surface area (Å²) in [5.41, 5.74) is 0.549. The molecule has 1 aromatic rings. The molecule has 0 spiro atoms. The third-order valence-electron chi connectivity index (χ3n) is 2.34. The Kier molecular flexibility index (Phi) is 5.46. The van der Waals surface area contributed by atoms with Crippen molar-refractivity contribution >= 4 is 17.8 Å². The van der Waals surface area contributed by atoms with E-state index in [1.807, 2.05) is 0 Å². The summed E-state index contributed by atoms with van der Waals surface area (Å²) in [6, 6.07) is 2.94. The number of amides is 2. The molecular weight excluding hydrogens is 250 g/mol. The zero-order valence-corrected chi connectivity index (χ0v) is 10.5. The normalized spacial score (nSPS) is 9.74. The van der Waals surface area contributed by atoms with E-state index < -0.39 is 5.97 Å². The fraction of sp³-hybridized carbons (Fsp3) is 0.333. The number of aliphatic carboxylic acids is 1. The van der Waals surface area contributed by atoms with Crippen LogP contribution in [-0.2, 0) is 4.79 Å². The van der Waals surface area contributed by atoms with Crippen molar-refractivity contribution in [2.45, 2.75) is 12.8 Å². The number of carbonyl (C=O) groups excluding carboxylic acids is 2. The van der Waals surface area contributed by atoms with Crippen LogP contribution < -0.4 is 10.6 Å². The highest BCUT2D eigenvalue weighted by Gasteiger charge is 2.08. The maximum absolute atomic E-state index is 11.6. The molecule has 1 aromatic heterocycles. The molecule has 7 heteroatoms. The number of hydrogen-bond acceptors (Lipinski definition) is 4. The van der Waals surface area contributed by atoms with E-state index in [0.717, 1.165) is 0 Å². The molecule has 1 heterocycles. The Morgan fingerprint density at radius 2 is 2.00 bits per heavy atom. The van der Waals surface area contributed by atoms with E-state index in [1.54, 1.807) is 0 Å². The number of carbonyl (C=O) groups is 3. The van der Waals surface area contributed by atoms with Gasteiger partial charge in [0.25, 0.3) is 11.8 Å². The molecule has 0 unspecified atom stereocenters. The summed E-state index contributed by atoms with van der Waals surface area (Å²) in [6.45, 7) is 0.280. The zero-order valence-electron chi connectivity index (χ0n) is 10.5. The minimum absolute atomic E-state index is 0.00807. The molecule has 1 rings (SSSR count). The maximum atomic E-state index is 11.6. The molecule has 7 nitrogen and oxygen atoms in total. The van der Waals surface area contributed by atoms with Crippen molar-refractivity contribution in [1.29, 1.82) is 0 Å². The monoisotopic (exact) mass is 265 g/mol. The summed E-state index contributed by atoms with van der Waals surface area (Å²) >= 11 is 0. The molecule has 0 aliphatic rings. The van der Waals surface area contributed by atoms with Crippen molar-refractivity contribution in [3.8, 4) is 0 Å². The van der Waals surface area contributed by atoms with E-state index in [2.05, 4.69) is 15.6 Å². The van der Waals surface area contributed by atoms with Crippen LogP contribution in [0, 0.1) is 0 Å². The number of pyridine rings is 1. The lowest BCUT2D eigenvalue weighted by Gasteiger charge is -2.04. The minimum atomic E-state index is -0.897. The van der Waals surface area contributed by atoms with Gasteiger partial charge in [-0.2, -0.15) is 0 Å². The SMILES string of the molecule is CNC(=O)c1ccc(C(=O)NCCCC(=O)O)cn1. The van der Waals surface area contributed by atoms with Crippen LogP contribution in [0.2, 0.25) is 0 Å². The molecule has 0 saturated heterocycles. The van der Waals surface area contributed by atoms with Crippen molar-refractivity contribution in [1.82, 2.24) is 15.6 Å². The largest absolute Gasteiger partial charge is 0.481 e. The molecule has 0 fully saturated rings. The van der Waals surface area contributed by atoms with Gasteiger partial charge < -0.3 is 15.7 Å². The van der Waals surface area contributed by atoms with E-state index in [9.17, 15) is 14.4 Å². The molecule has 0 aromatic carbocycles. The highest BCUT2D eigenvalue weighted by Crippen LogP contribution is 2.00. The topological polar surface area (TPSA) is 108 Å². The number of hydrogen-bond donors (Lipinski definition) is 3. The van der Waals surface area contributed by atoms with Gasteiger partial charge in [0.05, 0.1) is 5.56 Å². The van der Waals surface area contributed by atoms with Crippen LogP contribution in [0.5, 0.6) is 0 Å². The molecule has 0 bridgehead atoms. The third kappa shape index (κ3) is 4.74. The number of carboxylic acid groups (broad SMARTS) is 1. The van der Waals surface area contributed by atoms with Crippen LogP contribution in [0.15, 0.2) is 18.3 Å². The average molecular weight is 265 g/mol. The summed E-state index contributed by atoms with van der Waals surface area (Å²) < 4.78 is 0.